The minimum Gasteiger partial charge on any atom is -0.479 e. The molecule has 3 rings (SSSR count). The van der Waals surface area contributed by atoms with E-state index in [4.69, 9.17) is 4.74 Å². The zero-order chi connectivity index (χ0) is 13.8. The van der Waals surface area contributed by atoms with E-state index in [9.17, 15) is 0 Å². The number of fused-ring (bicyclic) bond motifs is 1. The first kappa shape index (κ1) is 12.2. The van der Waals surface area contributed by atoms with Gasteiger partial charge in [0.1, 0.15) is 0 Å². The molecular formula is C17H12N2O. The smallest absolute Gasteiger partial charge is 0.249 e. The molecule has 0 aliphatic carbocycles. The van der Waals surface area contributed by atoms with Gasteiger partial charge < -0.3 is 4.74 Å². The zero-order valence-electron chi connectivity index (χ0n) is 11.0. The van der Waals surface area contributed by atoms with Crippen LogP contribution in [-0.4, -0.2) is 17.1 Å². The van der Waals surface area contributed by atoms with Gasteiger partial charge in [0.2, 0.25) is 5.88 Å². The Bertz CT molecular complexity index is 801. The predicted octanol–water partition coefficient (Wildman–Crippen LogP) is 3.04. The standard InChI is InChI=1S/C17H12N2O/c1-20-17-16(12-11-13-7-3-2-4-8-13)18-14-9-5-6-10-15(14)19-17/h2-10H,1H3. The molecule has 0 fully saturated rings. The summed E-state index contributed by atoms with van der Waals surface area (Å²) in [6, 6.07) is 17.4. The molecule has 0 unspecified atom stereocenters. The number of aromatic nitrogens is 2. The van der Waals surface area contributed by atoms with Gasteiger partial charge in [-0.3, -0.25) is 0 Å². The molecule has 0 aliphatic rings. The quantitative estimate of drug-likeness (QED) is 0.631. The third kappa shape index (κ3) is 2.45. The van der Waals surface area contributed by atoms with E-state index >= 15 is 0 Å². The minimum atomic E-state index is 0.451. The van der Waals surface area contributed by atoms with Crippen LogP contribution in [0, 0.1) is 11.8 Å². The SMILES string of the molecule is COc1nc2ccccc2nc1C#Cc1ccccc1. The number of para-hydroxylation sites is 2. The van der Waals surface area contributed by atoms with Crippen molar-refractivity contribution in [2.45, 2.75) is 0 Å². The first-order valence-electron chi connectivity index (χ1n) is 6.24. The van der Waals surface area contributed by atoms with Crippen LogP contribution in [0.1, 0.15) is 11.3 Å². The van der Waals surface area contributed by atoms with Crippen LogP contribution in [0.25, 0.3) is 11.0 Å². The summed E-state index contributed by atoms with van der Waals surface area (Å²) in [5.74, 6) is 6.54. The molecular weight excluding hydrogens is 248 g/mol. The molecule has 0 saturated carbocycles. The molecule has 0 radical (unpaired) electrons. The molecule has 3 nitrogen and oxygen atoms in total. The topological polar surface area (TPSA) is 35.0 Å². The van der Waals surface area contributed by atoms with Crippen molar-refractivity contribution in [1.82, 2.24) is 9.97 Å². The highest BCUT2D eigenvalue weighted by atomic mass is 16.5. The summed E-state index contributed by atoms with van der Waals surface area (Å²) < 4.78 is 5.27. The maximum atomic E-state index is 5.27. The lowest BCUT2D eigenvalue weighted by atomic mass is 10.2. The molecule has 0 N–H and O–H groups in total. The summed E-state index contributed by atoms with van der Waals surface area (Å²) in [4.78, 5) is 8.92. The molecule has 0 spiro atoms. The van der Waals surface area contributed by atoms with Crippen LogP contribution in [0.5, 0.6) is 5.88 Å². The Labute approximate surface area is 117 Å². The highest BCUT2D eigenvalue weighted by Gasteiger charge is 2.06. The molecule has 0 saturated heterocycles. The monoisotopic (exact) mass is 260 g/mol. The molecule has 96 valence electrons. The van der Waals surface area contributed by atoms with Crippen LogP contribution < -0.4 is 4.74 Å². The van der Waals surface area contributed by atoms with Crippen LogP contribution in [0.2, 0.25) is 0 Å². The molecule has 0 atom stereocenters. The second-order valence-electron chi connectivity index (χ2n) is 4.19. The van der Waals surface area contributed by atoms with Crippen molar-refractivity contribution in [2.75, 3.05) is 7.11 Å². The van der Waals surface area contributed by atoms with Crippen LogP contribution in [0.4, 0.5) is 0 Å². The average Bonchev–Trinajstić information content (AvgIpc) is 2.53. The number of rotatable bonds is 1. The van der Waals surface area contributed by atoms with Gasteiger partial charge in [0, 0.05) is 5.56 Å². The number of hydrogen-bond acceptors (Lipinski definition) is 3. The Hall–Kier alpha value is -2.86. The van der Waals surface area contributed by atoms with E-state index in [1.807, 2.05) is 54.6 Å². The average molecular weight is 260 g/mol. The van der Waals surface area contributed by atoms with Crippen molar-refractivity contribution in [1.29, 1.82) is 0 Å². The maximum Gasteiger partial charge on any atom is 0.249 e. The fourth-order valence-corrected chi connectivity index (χ4v) is 1.86. The zero-order valence-corrected chi connectivity index (χ0v) is 11.0. The lowest BCUT2D eigenvalue weighted by Crippen LogP contribution is -1.96. The van der Waals surface area contributed by atoms with E-state index in [1.54, 1.807) is 7.11 Å². The normalized spacial score (nSPS) is 9.85. The second-order valence-corrected chi connectivity index (χ2v) is 4.19. The van der Waals surface area contributed by atoms with E-state index in [0.717, 1.165) is 16.6 Å². The van der Waals surface area contributed by atoms with Gasteiger partial charge in [-0.1, -0.05) is 36.3 Å². The first-order valence-corrected chi connectivity index (χ1v) is 6.24. The van der Waals surface area contributed by atoms with Gasteiger partial charge in [0.25, 0.3) is 0 Å². The molecule has 1 heterocycles. The fourth-order valence-electron chi connectivity index (χ4n) is 1.86. The first-order chi connectivity index (χ1) is 9.86. The summed E-state index contributed by atoms with van der Waals surface area (Å²) in [6.45, 7) is 0. The molecule has 2 aromatic carbocycles. The molecule has 1 aromatic heterocycles. The van der Waals surface area contributed by atoms with Crippen molar-refractivity contribution >= 4 is 11.0 Å². The third-order valence-corrected chi connectivity index (χ3v) is 2.83. The highest BCUT2D eigenvalue weighted by molar-refractivity contribution is 5.75. The summed E-state index contributed by atoms with van der Waals surface area (Å²) >= 11 is 0. The summed E-state index contributed by atoms with van der Waals surface area (Å²) in [5, 5.41) is 0. The van der Waals surface area contributed by atoms with Gasteiger partial charge in [-0.15, -0.1) is 0 Å². The predicted molar refractivity (Wildman–Crippen MR) is 78.5 cm³/mol. The number of hydrogen-bond donors (Lipinski definition) is 0. The van der Waals surface area contributed by atoms with E-state index in [2.05, 4.69) is 21.8 Å². The number of ether oxygens (including phenoxy) is 1. The fraction of sp³-hybridized carbons (Fsp3) is 0.0588. The van der Waals surface area contributed by atoms with Gasteiger partial charge >= 0.3 is 0 Å². The van der Waals surface area contributed by atoms with Crippen LogP contribution in [0.15, 0.2) is 54.6 Å². The number of nitrogens with zero attached hydrogens (tertiary/aromatic N) is 2. The van der Waals surface area contributed by atoms with Gasteiger partial charge in [-0.25, -0.2) is 9.97 Å². The van der Waals surface area contributed by atoms with Crippen molar-refractivity contribution in [2.24, 2.45) is 0 Å². The van der Waals surface area contributed by atoms with Gasteiger partial charge in [0.15, 0.2) is 5.69 Å². The van der Waals surface area contributed by atoms with Crippen molar-refractivity contribution < 1.29 is 4.74 Å². The molecule has 0 amide bonds. The Balaban J connectivity index is 2.09. The van der Waals surface area contributed by atoms with Crippen LogP contribution in [-0.2, 0) is 0 Å². The van der Waals surface area contributed by atoms with Gasteiger partial charge in [-0.2, -0.15) is 0 Å². The number of benzene rings is 2. The van der Waals surface area contributed by atoms with Crippen molar-refractivity contribution in [3.8, 4) is 17.7 Å². The highest BCUT2D eigenvalue weighted by Crippen LogP contribution is 2.17. The van der Waals surface area contributed by atoms with E-state index < -0.39 is 0 Å². The Morgan fingerprint density at radius 3 is 2.15 bits per heavy atom. The maximum absolute atomic E-state index is 5.27. The van der Waals surface area contributed by atoms with E-state index in [0.29, 0.717) is 11.6 Å². The Morgan fingerprint density at radius 1 is 0.800 bits per heavy atom. The van der Waals surface area contributed by atoms with Crippen LogP contribution in [0.3, 0.4) is 0 Å². The molecule has 0 aliphatic heterocycles. The molecule has 20 heavy (non-hydrogen) atoms. The molecule has 3 heteroatoms. The largest absolute Gasteiger partial charge is 0.479 e. The van der Waals surface area contributed by atoms with Crippen molar-refractivity contribution in [3.63, 3.8) is 0 Å². The molecule has 0 bridgehead atoms. The molecule has 3 aromatic rings. The Morgan fingerprint density at radius 2 is 1.45 bits per heavy atom. The Kier molecular flexibility index (Phi) is 3.30. The summed E-state index contributed by atoms with van der Waals surface area (Å²) in [5.41, 5.74) is 3.10. The third-order valence-electron chi connectivity index (χ3n) is 2.83. The summed E-state index contributed by atoms with van der Waals surface area (Å²) in [6.07, 6.45) is 0. The van der Waals surface area contributed by atoms with Gasteiger partial charge in [-0.05, 0) is 30.2 Å². The number of methoxy groups -OCH3 is 1. The van der Waals surface area contributed by atoms with Gasteiger partial charge in [0.05, 0.1) is 18.1 Å². The van der Waals surface area contributed by atoms with E-state index in [-0.39, 0.29) is 0 Å². The lowest BCUT2D eigenvalue weighted by molar-refractivity contribution is 0.396. The lowest BCUT2D eigenvalue weighted by Gasteiger charge is -2.03. The van der Waals surface area contributed by atoms with Crippen LogP contribution >= 0.6 is 0 Å². The second kappa shape index (κ2) is 5.41. The van der Waals surface area contributed by atoms with Crippen molar-refractivity contribution in [3.05, 3.63) is 65.9 Å². The minimum absolute atomic E-state index is 0.451. The van der Waals surface area contributed by atoms with E-state index in [1.165, 1.54) is 0 Å². The summed E-state index contributed by atoms with van der Waals surface area (Å²) in [7, 11) is 1.58.